The van der Waals surface area contributed by atoms with Gasteiger partial charge in [0.15, 0.2) is 5.82 Å². The van der Waals surface area contributed by atoms with Crippen LogP contribution in [0.5, 0.6) is 5.75 Å². The van der Waals surface area contributed by atoms with Gasteiger partial charge in [-0.25, -0.2) is 4.98 Å². The van der Waals surface area contributed by atoms with Gasteiger partial charge >= 0.3 is 0 Å². The van der Waals surface area contributed by atoms with Gasteiger partial charge in [-0.1, -0.05) is 0 Å². The maximum absolute atomic E-state index is 5.96. The summed E-state index contributed by atoms with van der Waals surface area (Å²) in [6, 6.07) is 7.95. The molecule has 1 aliphatic carbocycles. The molecule has 2 N–H and O–H groups in total. The molecule has 0 saturated heterocycles. The van der Waals surface area contributed by atoms with Crippen LogP contribution in [-0.2, 0) is 0 Å². The van der Waals surface area contributed by atoms with E-state index in [-0.39, 0.29) is 30.9 Å². The lowest BCUT2D eigenvalue weighted by atomic mass is 9.80. The molecule has 3 aromatic heterocycles. The summed E-state index contributed by atoms with van der Waals surface area (Å²) in [5.41, 5.74) is 7.69. The molecule has 144 valence electrons. The SMILES string of the molecule is CCOc1ccc(-c2nnc(C3CC(N)C3)n2-c2ccncc2)nc1.Cl.Cl. The van der Waals surface area contributed by atoms with Crippen molar-refractivity contribution in [2.75, 3.05) is 6.61 Å². The van der Waals surface area contributed by atoms with E-state index in [9.17, 15) is 0 Å². The van der Waals surface area contributed by atoms with Crippen molar-refractivity contribution in [1.82, 2.24) is 24.7 Å². The summed E-state index contributed by atoms with van der Waals surface area (Å²) in [4.78, 5) is 8.60. The molecule has 0 aliphatic heterocycles. The molecule has 0 aromatic carbocycles. The molecule has 27 heavy (non-hydrogen) atoms. The van der Waals surface area contributed by atoms with Crippen molar-refractivity contribution in [1.29, 1.82) is 0 Å². The van der Waals surface area contributed by atoms with Crippen LogP contribution < -0.4 is 10.5 Å². The van der Waals surface area contributed by atoms with Crippen molar-refractivity contribution in [2.45, 2.75) is 31.7 Å². The first-order valence-corrected chi connectivity index (χ1v) is 8.46. The van der Waals surface area contributed by atoms with Crippen molar-refractivity contribution >= 4 is 24.8 Å². The largest absolute Gasteiger partial charge is 0.492 e. The van der Waals surface area contributed by atoms with Crippen LogP contribution in [0.3, 0.4) is 0 Å². The molecule has 7 nitrogen and oxygen atoms in total. The lowest BCUT2D eigenvalue weighted by molar-refractivity contribution is 0.335. The number of halogens is 2. The summed E-state index contributed by atoms with van der Waals surface area (Å²) in [6.45, 7) is 2.56. The second kappa shape index (κ2) is 9.12. The minimum Gasteiger partial charge on any atom is -0.492 e. The minimum absolute atomic E-state index is 0. The highest BCUT2D eigenvalue weighted by Crippen LogP contribution is 2.37. The van der Waals surface area contributed by atoms with Gasteiger partial charge in [0, 0.05) is 24.4 Å². The van der Waals surface area contributed by atoms with E-state index in [4.69, 9.17) is 10.5 Å². The van der Waals surface area contributed by atoms with Crippen LogP contribution in [0.4, 0.5) is 0 Å². The van der Waals surface area contributed by atoms with E-state index in [2.05, 4.69) is 24.7 Å². The third-order valence-electron chi connectivity index (χ3n) is 4.43. The zero-order valence-electron chi connectivity index (χ0n) is 14.9. The summed E-state index contributed by atoms with van der Waals surface area (Å²) in [5, 5.41) is 8.86. The highest BCUT2D eigenvalue weighted by molar-refractivity contribution is 5.85. The number of rotatable bonds is 5. The van der Waals surface area contributed by atoms with Crippen LogP contribution in [0.15, 0.2) is 42.9 Å². The summed E-state index contributed by atoms with van der Waals surface area (Å²) < 4.78 is 7.52. The van der Waals surface area contributed by atoms with Crippen molar-refractivity contribution in [2.24, 2.45) is 5.73 Å². The van der Waals surface area contributed by atoms with Crippen molar-refractivity contribution in [3.63, 3.8) is 0 Å². The molecule has 4 rings (SSSR count). The van der Waals surface area contributed by atoms with Crippen LogP contribution in [0, 0.1) is 0 Å². The Labute approximate surface area is 170 Å². The number of hydrogen-bond acceptors (Lipinski definition) is 6. The Morgan fingerprint density at radius 1 is 1.11 bits per heavy atom. The number of hydrogen-bond donors (Lipinski definition) is 1. The number of nitrogens with two attached hydrogens (primary N) is 1. The number of pyridine rings is 2. The third-order valence-corrected chi connectivity index (χ3v) is 4.43. The third kappa shape index (κ3) is 4.21. The van der Waals surface area contributed by atoms with Crippen LogP contribution in [0.1, 0.15) is 31.5 Å². The van der Waals surface area contributed by atoms with Crippen LogP contribution >= 0.6 is 24.8 Å². The van der Waals surface area contributed by atoms with Gasteiger partial charge < -0.3 is 10.5 Å². The first-order chi connectivity index (χ1) is 12.3. The number of aromatic nitrogens is 5. The predicted molar refractivity (Wildman–Crippen MR) is 108 cm³/mol. The molecule has 0 bridgehead atoms. The van der Waals surface area contributed by atoms with E-state index in [1.54, 1.807) is 18.6 Å². The van der Waals surface area contributed by atoms with Gasteiger partial charge in [0.25, 0.3) is 0 Å². The van der Waals surface area contributed by atoms with Gasteiger partial charge in [0.2, 0.25) is 0 Å². The van der Waals surface area contributed by atoms with Crippen molar-refractivity contribution < 1.29 is 4.74 Å². The molecule has 1 saturated carbocycles. The van der Waals surface area contributed by atoms with E-state index in [1.165, 1.54) is 0 Å². The van der Waals surface area contributed by atoms with Gasteiger partial charge in [-0.05, 0) is 44.0 Å². The number of ether oxygens (including phenoxy) is 1. The summed E-state index contributed by atoms with van der Waals surface area (Å²) in [6.07, 6.45) is 7.10. The highest BCUT2D eigenvalue weighted by atomic mass is 35.5. The van der Waals surface area contributed by atoms with Gasteiger partial charge in [-0.3, -0.25) is 9.55 Å². The van der Waals surface area contributed by atoms with E-state index < -0.39 is 0 Å². The average Bonchev–Trinajstić information content (AvgIpc) is 3.05. The predicted octanol–water partition coefficient (Wildman–Crippen LogP) is 3.17. The zero-order chi connectivity index (χ0) is 17.2. The van der Waals surface area contributed by atoms with E-state index in [0.717, 1.165) is 35.8 Å². The molecule has 0 amide bonds. The first-order valence-electron chi connectivity index (χ1n) is 8.46. The Morgan fingerprint density at radius 2 is 1.85 bits per heavy atom. The molecular formula is C18H22Cl2N6O. The molecule has 0 unspecified atom stereocenters. The van der Waals surface area contributed by atoms with Gasteiger partial charge in [0.1, 0.15) is 17.3 Å². The fourth-order valence-electron chi connectivity index (χ4n) is 3.11. The van der Waals surface area contributed by atoms with Crippen molar-refractivity contribution in [3.05, 3.63) is 48.7 Å². The van der Waals surface area contributed by atoms with E-state index in [1.807, 2.05) is 31.2 Å². The molecule has 0 radical (unpaired) electrons. The zero-order valence-corrected chi connectivity index (χ0v) is 16.5. The molecule has 0 spiro atoms. The normalized spacial score (nSPS) is 18.0. The Bertz CT molecular complexity index is 850. The maximum atomic E-state index is 5.96. The Morgan fingerprint density at radius 3 is 2.44 bits per heavy atom. The monoisotopic (exact) mass is 408 g/mol. The van der Waals surface area contributed by atoms with Gasteiger partial charge in [-0.2, -0.15) is 0 Å². The Balaban J connectivity index is 0.00000131. The fraction of sp³-hybridized carbons (Fsp3) is 0.333. The van der Waals surface area contributed by atoms with Gasteiger partial charge in [0.05, 0.1) is 18.5 Å². The molecule has 3 aromatic rings. The first kappa shape index (κ1) is 21.1. The molecule has 1 fully saturated rings. The standard InChI is InChI=1S/C18H20N6O.2ClH/c1-2-25-15-3-4-16(21-11-15)18-23-22-17(12-9-13(19)10-12)24(18)14-5-7-20-8-6-14;;/h3-8,11-13H,2,9-10,19H2,1H3;2*1H. The van der Waals surface area contributed by atoms with Crippen LogP contribution in [0.25, 0.3) is 17.2 Å². The van der Waals surface area contributed by atoms with Crippen LogP contribution in [0.2, 0.25) is 0 Å². The Kier molecular flexibility index (Phi) is 7.12. The Hall–Kier alpha value is -2.22. The highest BCUT2D eigenvalue weighted by Gasteiger charge is 2.33. The minimum atomic E-state index is 0. The second-order valence-corrected chi connectivity index (χ2v) is 6.16. The maximum Gasteiger partial charge on any atom is 0.187 e. The number of nitrogens with zero attached hydrogens (tertiary/aromatic N) is 5. The second-order valence-electron chi connectivity index (χ2n) is 6.16. The quantitative estimate of drug-likeness (QED) is 0.696. The smallest absolute Gasteiger partial charge is 0.187 e. The summed E-state index contributed by atoms with van der Waals surface area (Å²) >= 11 is 0. The lowest BCUT2D eigenvalue weighted by Gasteiger charge is -2.31. The van der Waals surface area contributed by atoms with E-state index in [0.29, 0.717) is 18.3 Å². The average molecular weight is 409 g/mol. The van der Waals surface area contributed by atoms with Gasteiger partial charge in [-0.15, -0.1) is 35.0 Å². The van der Waals surface area contributed by atoms with E-state index >= 15 is 0 Å². The molecule has 9 heteroatoms. The summed E-state index contributed by atoms with van der Waals surface area (Å²) in [5.74, 6) is 2.71. The molecule has 3 heterocycles. The van der Waals surface area contributed by atoms with Crippen LogP contribution in [-0.4, -0.2) is 37.4 Å². The van der Waals surface area contributed by atoms with Crippen molar-refractivity contribution in [3.8, 4) is 23.0 Å². The fourth-order valence-corrected chi connectivity index (χ4v) is 3.11. The summed E-state index contributed by atoms with van der Waals surface area (Å²) in [7, 11) is 0. The topological polar surface area (TPSA) is 91.7 Å². The lowest BCUT2D eigenvalue weighted by Crippen LogP contribution is -2.36. The molecule has 1 aliphatic rings. The molecular weight excluding hydrogens is 387 g/mol. The molecule has 0 atom stereocenters.